The fraction of sp³-hybridized carbons (Fsp3) is 0.471. The molecule has 5 heteroatoms. The summed E-state index contributed by atoms with van der Waals surface area (Å²) < 4.78 is 0. The smallest absolute Gasteiger partial charge is 0.306 e. The maximum absolute atomic E-state index is 10.4. The number of benzene rings is 1. The van der Waals surface area contributed by atoms with Crippen LogP contribution in [-0.2, 0) is 14.4 Å². The number of carbonyl (C=O) groups is 3. The average Bonchev–Trinajstić information content (AvgIpc) is 2.52. The van der Waals surface area contributed by atoms with Gasteiger partial charge >= 0.3 is 11.9 Å². The molecule has 1 rings (SSSR count). The normalized spacial score (nSPS) is 9.45. The van der Waals surface area contributed by atoms with Gasteiger partial charge in [0.25, 0.3) is 0 Å². The van der Waals surface area contributed by atoms with E-state index in [-0.39, 0.29) is 12.8 Å². The Kier molecular flexibility index (Phi) is 21.2. The van der Waals surface area contributed by atoms with E-state index in [0.717, 1.165) is 0 Å². The maximum atomic E-state index is 10.4. The zero-order chi connectivity index (χ0) is 18.0. The number of hydrogen-bond acceptors (Lipinski definition) is 3. The van der Waals surface area contributed by atoms with E-state index in [1.807, 2.05) is 38.8 Å². The summed E-state index contributed by atoms with van der Waals surface area (Å²) in [5.74, 6) is -2.36. The first-order chi connectivity index (χ1) is 10.5. The van der Waals surface area contributed by atoms with Crippen molar-refractivity contribution in [2.24, 2.45) is 5.92 Å². The summed E-state index contributed by atoms with van der Waals surface area (Å²) in [4.78, 5) is 28.4. The first-order valence-electron chi connectivity index (χ1n) is 7.22. The van der Waals surface area contributed by atoms with Gasteiger partial charge in [0.2, 0.25) is 0 Å². The van der Waals surface area contributed by atoms with Crippen LogP contribution in [0.4, 0.5) is 0 Å². The quantitative estimate of drug-likeness (QED) is 0.862. The van der Waals surface area contributed by atoms with E-state index in [9.17, 15) is 9.59 Å². The molecular weight excluding hydrogens is 284 g/mol. The summed E-state index contributed by atoms with van der Waals surface area (Å²) in [6, 6.07) is 10.3. The zero-order valence-corrected chi connectivity index (χ0v) is 13.9. The fourth-order valence-corrected chi connectivity index (χ4v) is 1.33. The van der Waals surface area contributed by atoms with Crippen LogP contribution in [0.3, 0.4) is 0 Å². The van der Waals surface area contributed by atoms with Crippen LogP contribution >= 0.6 is 0 Å². The molecule has 0 aliphatic heterocycles. The summed E-state index contributed by atoms with van der Waals surface area (Å²) in [6.45, 7) is 9.82. The average molecular weight is 312 g/mol. The SMILES string of the molecule is C=O.CC.CCC(CCC(=O)O)C(=O)O.Cc1ccccc1. The minimum Gasteiger partial charge on any atom is -0.481 e. The van der Waals surface area contributed by atoms with E-state index in [2.05, 4.69) is 19.1 Å². The lowest BCUT2D eigenvalue weighted by Crippen LogP contribution is -2.13. The molecule has 0 amide bonds. The molecule has 0 aliphatic carbocycles. The lowest BCUT2D eigenvalue weighted by atomic mass is 10.0. The van der Waals surface area contributed by atoms with Crippen LogP contribution < -0.4 is 0 Å². The van der Waals surface area contributed by atoms with Crippen molar-refractivity contribution < 1.29 is 24.6 Å². The van der Waals surface area contributed by atoms with Crippen LogP contribution in [0.15, 0.2) is 30.3 Å². The van der Waals surface area contributed by atoms with Crippen molar-refractivity contribution in [3.63, 3.8) is 0 Å². The van der Waals surface area contributed by atoms with Crippen LogP contribution in [-0.4, -0.2) is 28.9 Å². The third kappa shape index (κ3) is 17.8. The van der Waals surface area contributed by atoms with Gasteiger partial charge < -0.3 is 15.0 Å². The number of carboxylic acids is 2. The minimum absolute atomic E-state index is 0.0647. The highest BCUT2D eigenvalue weighted by Crippen LogP contribution is 2.10. The predicted molar refractivity (Wildman–Crippen MR) is 87.9 cm³/mol. The van der Waals surface area contributed by atoms with Gasteiger partial charge in [0.15, 0.2) is 0 Å². The van der Waals surface area contributed by atoms with Crippen LogP contribution in [0.1, 0.15) is 45.6 Å². The molecule has 0 saturated heterocycles. The van der Waals surface area contributed by atoms with Crippen molar-refractivity contribution >= 4 is 18.7 Å². The molecule has 22 heavy (non-hydrogen) atoms. The Balaban J connectivity index is -0.000000280. The van der Waals surface area contributed by atoms with Crippen molar-refractivity contribution in [1.82, 2.24) is 0 Å². The molecule has 0 saturated carbocycles. The second-order valence-electron chi connectivity index (χ2n) is 4.03. The van der Waals surface area contributed by atoms with Gasteiger partial charge in [0.1, 0.15) is 6.79 Å². The Morgan fingerprint density at radius 3 is 1.77 bits per heavy atom. The summed E-state index contributed by atoms with van der Waals surface area (Å²) in [7, 11) is 0. The van der Waals surface area contributed by atoms with E-state index in [4.69, 9.17) is 15.0 Å². The summed E-state index contributed by atoms with van der Waals surface area (Å²) >= 11 is 0. The third-order valence-corrected chi connectivity index (χ3v) is 2.49. The third-order valence-electron chi connectivity index (χ3n) is 2.49. The molecule has 1 aromatic rings. The van der Waals surface area contributed by atoms with E-state index in [1.54, 1.807) is 6.92 Å². The molecule has 0 aliphatic rings. The van der Waals surface area contributed by atoms with Gasteiger partial charge in [-0.2, -0.15) is 0 Å². The van der Waals surface area contributed by atoms with Crippen molar-refractivity contribution in [1.29, 1.82) is 0 Å². The molecular formula is C17H28O5. The molecule has 0 fully saturated rings. The van der Waals surface area contributed by atoms with Crippen molar-refractivity contribution in [3.05, 3.63) is 35.9 Å². The number of carboxylic acid groups (broad SMARTS) is 2. The van der Waals surface area contributed by atoms with Gasteiger partial charge in [0.05, 0.1) is 5.92 Å². The van der Waals surface area contributed by atoms with E-state index < -0.39 is 17.9 Å². The summed E-state index contributed by atoms with van der Waals surface area (Å²) in [6.07, 6.45) is 0.647. The first kappa shape index (κ1) is 24.8. The second-order valence-corrected chi connectivity index (χ2v) is 4.03. The van der Waals surface area contributed by atoms with Crippen molar-refractivity contribution in [2.75, 3.05) is 0 Å². The second kappa shape index (κ2) is 18.8. The molecule has 1 atom stereocenters. The number of rotatable bonds is 5. The monoisotopic (exact) mass is 312 g/mol. The van der Waals surface area contributed by atoms with Crippen LogP contribution in [0, 0.1) is 12.8 Å². The first-order valence-corrected chi connectivity index (χ1v) is 7.22. The van der Waals surface area contributed by atoms with E-state index >= 15 is 0 Å². The van der Waals surface area contributed by atoms with Crippen LogP contribution in [0.5, 0.6) is 0 Å². The van der Waals surface area contributed by atoms with Gasteiger partial charge in [-0.3, -0.25) is 9.59 Å². The molecule has 1 unspecified atom stereocenters. The summed E-state index contributed by atoms with van der Waals surface area (Å²) in [5, 5.41) is 16.7. The van der Waals surface area contributed by atoms with Crippen molar-refractivity contribution in [2.45, 2.75) is 47.0 Å². The van der Waals surface area contributed by atoms with Gasteiger partial charge in [0, 0.05) is 6.42 Å². The Morgan fingerprint density at radius 2 is 1.55 bits per heavy atom. The Hall–Kier alpha value is -2.17. The van der Waals surface area contributed by atoms with Gasteiger partial charge in [-0.15, -0.1) is 0 Å². The maximum Gasteiger partial charge on any atom is 0.306 e. The lowest BCUT2D eigenvalue weighted by Gasteiger charge is -2.05. The van der Waals surface area contributed by atoms with Crippen LogP contribution in [0.2, 0.25) is 0 Å². The molecule has 0 radical (unpaired) electrons. The highest BCUT2D eigenvalue weighted by molar-refractivity contribution is 5.72. The molecule has 0 aromatic heterocycles. The largest absolute Gasteiger partial charge is 0.481 e. The minimum atomic E-state index is -0.940. The zero-order valence-electron chi connectivity index (χ0n) is 13.9. The molecule has 5 nitrogen and oxygen atoms in total. The predicted octanol–water partition coefficient (Wildman–Crippen LogP) is 3.80. The van der Waals surface area contributed by atoms with Gasteiger partial charge in [-0.25, -0.2) is 0 Å². The van der Waals surface area contributed by atoms with E-state index in [0.29, 0.717) is 6.42 Å². The molecule has 126 valence electrons. The number of hydrogen-bond donors (Lipinski definition) is 2. The molecule has 0 spiro atoms. The number of carbonyl (C=O) groups excluding carboxylic acids is 1. The molecule has 1 aromatic carbocycles. The molecule has 2 N–H and O–H groups in total. The van der Waals surface area contributed by atoms with E-state index in [1.165, 1.54) is 5.56 Å². The Labute approximate surface area is 133 Å². The Morgan fingerprint density at radius 1 is 1.09 bits per heavy atom. The summed E-state index contributed by atoms with van der Waals surface area (Å²) in [5.41, 5.74) is 1.32. The number of aliphatic carboxylic acids is 2. The Bertz CT molecular complexity index is 376. The topological polar surface area (TPSA) is 91.7 Å². The van der Waals surface area contributed by atoms with Crippen LogP contribution in [0.25, 0.3) is 0 Å². The standard InChI is InChI=1S/C7H12O4.C7H8.C2H6.CH2O/c1-2-5(7(10)11)3-4-6(8)9;1-7-5-3-2-4-6-7;2*1-2/h5H,2-4H2,1H3,(H,8,9)(H,10,11);2-6H,1H3;1-2H3;1H2. The number of aryl methyl sites for hydroxylation is 1. The molecule has 0 heterocycles. The fourth-order valence-electron chi connectivity index (χ4n) is 1.33. The highest BCUT2D eigenvalue weighted by atomic mass is 16.4. The highest BCUT2D eigenvalue weighted by Gasteiger charge is 2.15. The van der Waals surface area contributed by atoms with Gasteiger partial charge in [-0.1, -0.05) is 56.7 Å². The van der Waals surface area contributed by atoms with Gasteiger partial charge in [-0.05, 0) is 19.8 Å². The van der Waals surface area contributed by atoms with Crippen molar-refractivity contribution in [3.8, 4) is 0 Å². The lowest BCUT2D eigenvalue weighted by molar-refractivity contribution is -0.143. The molecule has 0 bridgehead atoms.